The molecule has 1 heterocycles. The number of hydrogen-bond donors (Lipinski definition) is 4. The first-order valence-corrected chi connectivity index (χ1v) is 5.75. The van der Waals surface area contributed by atoms with Gasteiger partial charge in [-0.1, -0.05) is 0 Å². The lowest BCUT2D eigenvalue weighted by Gasteiger charge is -2.10. The molecule has 1 aromatic heterocycles. The number of carboxylic acid groups (broad SMARTS) is 1. The molecule has 0 aliphatic carbocycles. The second-order valence-corrected chi connectivity index (χ2v) is 4.23. The SMILES string of the molecule is CNC(=O)C(C)Nc1nc(C(N)C(=O)O)cs1. The lowest BCUT2D eigenvalue weighted by Crippen LogP contribution is -2.35. The quantitative estimate of drug-likeness (QED) is 0.579. The second kappa shape index (κ2) is 5.60. The number of nitrogens with one attached hydrogen (secondary N) is 2. The van der Waals surface area contributed by atoms with Crippen LogP contribution in [0.1, 0.15) is 18.7 Å². The van der Waals surface area contributed by atoms with Crippen molar-refractivity contribution < 1.29 is 14.7 Å². The van der Waals surface area contributed by atoms with Crippen LogP contribution in [0.3, 0.4) is 0 Å². The number of likely N-dealkylation sites (N-methyl/N-ethyl adjacent to an activating group) is 1. The van der Waals surface area contributed by atoms with Crippen molar-refractivity contribution in [2.45, 2.75) is 19.0 Å². The zero-order valence-electron chi connectivity index (χ0n) is 9.43. The molecule has 0 aliphatic heterocycles. The first-order valence-electron chi connectivity index (χ1n) is 4.87. The van der Waals surface area contributed by atoms with Crippen molar-refractivity contribution in [3.8, 4) is 0 Å². The summed E-state index contributed by atoms with van der Waals surface area (Å²) in [5.41, 5.74) is 5.68. The number of carbonyl (C=O) groups excluding carboxylic acids is 1. The molecule has 0 aliphatic rings. The maximum atomic E-state index is 11.2. The molecule has 2 atom stereocenters. The van der Waals surface area contributed by atoms with E-state index in [4.69, 9.17) is 10.8 Å². The van der Waals surface area contributed by atoms with E-state index in [-0.39, 0.29) is 11.6 Å². The van der Waals surface area contributed by atoms with Crippen molar-refractivity contribution in [2.75, 3.05) is 12.4 Å². The number of thiazole rings is 1. The number of carbonyl (C=O) groups is 2. The third-order valence-electron chi connectivity index (χ3n) is 2.09. The largest absolute Gasteiger partial charge is 0.480 e. The predicted octanol–water partition coefficient (Wildman–Crippen LogP) is -0.226. The molecule has 0 saturated heterocycles. The Hall–Kier alpha value is -1.67. The van der Waals surface area contributed by atoms with E-state index >= 15 is 0 Å². The lowest BCUT2D eigenvalue weighted by atomic mass is 10.2. The molecule has 5 N–H and O–H groups in total. The van der Waals surface area contributed by atoms with Crippen molar-refractivity contribution in [2.24, 2.45) is 5.73 Å². The van der Waals surface area contributed by atoms with Crippen molar-refractivity contribution in [3.63, 3.8) is 0 Å². The Bertz CT molecular complexity index is 420. The Morgan fingerprint density at radius 3 is 2.76 bits per heavy atom. The van der Waals surface area contributed by atoms with Gasteiger partial charge in [-0.15, -0.1) is 11.3 Å². The van der Waals surface area contributed by atoms with Crippen LogP contribution in [0.5, 0.6) is 0 Å². The van der Waals surface area contributed by atoms with Crippen LogP contribution in [-0.2, 0) is 9.59 Å². The normalized spacial score (nSPS) is 13.8. The van der Waals surface area contributed by atoms with Gasteiger partial charge in [-0.2, -0.15) is 0 Å². The Balaban J connectivity index is 2.69. The highest BCUT2D eigenvalue weighted by Crippen LogP contribution is 2.20. The Morgan fingerprint density at radius 1 is 1.59 bits per heavy atom. The minimum absolute atomic E-state index is 0.177. The number of aromatic nitrogens is 1. The van der Waals surface area contributed by atoms with Gasteiger partial charge in [0.1, 0.15) is 12.1 Å². The average molecular weight is 258 g/mol. The predicted molar refractivity (Wildman–Crippen MR) is 63.8 cm³/mol. The number of hydrogen-bond acceptors (Lipinski definition) is 6. The summed E-state index contributed by atoms with van der Waals surface area (Å²) >= 11 is 1.21. The highest BCUT2D eigenvalue weighted by Gasteiger charge is 2.19. The summed E-state index contributed by atoms with van der Waals surface area (Å²) in [6.45, 7) is 1.68. The van der Waals surface area contributed by atoms with E-state index in [0.717, 1.165) is 0 Å². The monoisotopic (exact) mass is 258 g/mol. The van der Waals surface area contributed by atoms with E-state index in [1.807, 2.05) is 0 Å². The minimum atomic E-state index is -1.14. The zero-order chi connectivity index (χ0) is 13.0. The Morgan fingerprint density at radius 2 is 2.24 bits per heavy atom. The molecule has 0 saturated carbocycles. The fourth-order valence-corrected chi connectivity index (χ4v) is 1.92. The molecule has 8 heteroatoms. The molecule has 7 nitrogen and oxygen atoms in total. The standard InChI is InChI=1S/C9H14N4O3S/c1-4(7(14)11-2)12-9-13-5(3-17-9)6(10)8(15)16/h3-4,6H,10H2,1-2H3,(H,11,14)(H,12,13)(H,15,16). The fraction of sp³-hybridized carbons (Fsp3) is 0.444. The molecule has 2 unspecified atom stereocenters. The van der Waals surface area contributed by atoms with Crippen LogP contribution in [-0.4, -0.2) is 35.1 Å². The van der Waals surface area contributed by atoms with Gasteiger partial charge < -0.3 is 21.5 Å². The van der Waals surface area contributed by atoms with Crippen molar-refractivity contribution >= 4 is 28.3 Å². The number of carboxylic acids is 1. The van der Waals surface area contributed by atoms with Crippen LogP contribution in [0, 0.1) is 0 Å². The topological polar surface area (TPSA) is 117 Å². The van der Waals surface area contributed by atoms with Gasteiger partial charge in [0.15, 0.2) is 5.13 Å². The average Bonchev–Trinajstić information content (AvgIpc) is 2.74. The second-order valence-electron chi connectivity index (χ2n) is 3.37. The highest BCUT2D eigenvalue weighted by molar-refractivity contribution is 7.13. The van der Waals surface area contributed by atoms with E-state index in [9.17, 15) is 9.59 Å². The summed E-state index contributed by atoms with van der Waals surface area (Å²) in [4.78, 5) is 25.9. The third-order valence-corrected chi connectivity index (χ3v) is 2.88. The fourth-order valence-electron chi connectivity index (χ4n) is 1.09. The van der Waals surface area contributed by atoms with E-state index < -0.39 is 18.1 Å². The molecule has 0 bridgehead atoms. The molecular weight excluding hydrogens is 244 g/mol. The summed E-state index contributed by atoms with van der Waals surface area (Å²) in [6, 6.07) is -1.59. The minimum Gasteiger partial charge on any atom is -0.480 e. The van der Waals surface area contributed by atoms with Gasteiger partial charge in [-0.25, -0.2) is 4.98 Å². The first-order chi connectivity index (χ1) is 7.95. The van der Waals surface area contributed by atoms with Crippen molar-refractivity contribution in [1.29, 1.82) is 0 Å². The van der Waals surface area contributed by atoms with E-state index in [1.165, 1.54) is 18.4 Å². The van der Waals surface area contributed by atoms with Gasteiger partial charge in [0.2, 0.25) is 5.91 Å². The molecule has 1 rings (SSSR count). The van der Waals surface area contributed by atoms with Gasteiger partial charge in [0.25, 0.3) is 0 Å². The van der Waals surface area contributed by atoms with Gasteiger partial charge in [0.05, 0.1) is 5.69 Å². The summed E-state index contributed by atoms with van der Waals surface area (Å²) in [5, 5.41) is 16.1. The Labute approximate surface area is 102 Å². The molecule has 1 aromatic rings. The molecule has 1 amide bonds. The van der Waals surface area contributed by atoms with Crippen LogP contribution in [0.15, 0.2) is 5.38 Å². The summed E-state index contributed by atoms with van der Waals surface area (Å²) in [6.07, 6.45) is 0. The Kier molecular flexibility index (Phi) is 4.41. The summed E-state index contributed by atoms with van der Waals surface area (Å²) in [5.74, 6) is -1.31. The number of nitrogens with zero attached hydrogens (tertiary/aromatic N) is 1. The van der Waals surface area contributed by atoms with Crippen LogP contribution in [0.2, 0.25) is 0 Å². The van der Waals surface area contributed by atoms with Crippen molar-refractivity contribution in [1.82, 2.24) is 10.3 Å². The maximum absolute atomic E-state index is 11.2. The van der Waals surface area contributed by atoms with Gasteiger partial charge in [-0.3, -0.25) is 9.59 Å². The van der Waals surface area contributed by atoms with Crippen LogP contribution in [0.25, 0.3) is 0 Å². The number of anilines is 1. The molecule has 0 spiro atoms. The van der Waals surface area contributed by atoms with Gasteiger partial charge in [0, 0.05) is 12.4 Å². The van der Waals surface area contributed by atoms with Gasteiger partial charge in [-0.05, 0) is 6.92 Å². The van der Waals surface area contributed by atoms with Gasteiger partial charge >= 0.3 is 5.97 Å². The van der Waals surface area contributed by atoms with E-state index in [0.29, 0.717) is 5.13 Å². The van der Waals surface area contributed by atoms with E-state index in [2.05, 4.69) is 15.6 Å². The molecule has 17 heavy (non-hydrogen) atoms. The molecule has 0 radical (unpaired) electrons. The van der Waals surface area contributed by atoms with Crippen molar-refractivity contribution in [3.05, 3.63) is 11.1 Å². The smallest absolute Gasteiger partial charge is 0.326 e. The summed E-state index contributed by atoms with van der Waals surface area (Å²) in [7, 11) is 1.54. The summed E-state index contributed by atoms with van der Waals surface area (Å²) < 4.78 is 0. The molecule has 0 aromatic carbocycles. The van der Waals surface area contributed by atoms with Crippen LogP contribution < -0.4 is 16.4 Å². The highest BCUT2D eigenvalue weighted by atomic mass is 32.1. The number of nitrogens with two attached hydrogens (primary N) is 1. The van der Waals surface area contributed by atoms with Crippen LogP contribution >= 0.6 is 11.3 Å². The first kappa shape index (κ1) is 13.4. The lowest BCUT2D eigenvalue weighted by molar-refractivity contribution is -0.138. The number of rotatable bonds is 5. The van der Waals surface area contributed by atoms with Crippen LogP contribution in [0.4, 0.5) is 5.13 Å². The maximum Gasteiger partial charge on any atom is 0.326 e. The number of amides is 1. The number of aliphatic carboxylic acids is 1. The molecule has 94 valence electrons. The third kappa shape index (κ3) is 3.40. The zero-order valence-corrected chi connectivity index (χ0v) is 10.2. The molecule has 0 fully saturated rings. The molecular formula is C9H14N4O3S. The van der Waals surface area contributed by atoms with E-state index in [1.54, 1.807) is 12.3 Å².